The van der Waals surface area contributed by atoms with Crippen molar-refractivity contribution in [1.29, 1.82) is 0 Å². The molecular weight excluding hydrogens is 286 g/mol. The van der Waals surface area contributed by atoms with Gasteiger partial charge in [0.2, 0.25) is 0 Å². The van der Waals surface area contributed by atoms with Crippen LogP contribution in [0.25, 0.3) is 11.3 Å². The van der Waals surface area contributed by atoms with Crippen molar-refractivity contribution in [2.45, 2.75) is 19.4 Å². The summed E-state index contributed by atoms with van der Waals surface area (Å²) in [6, 6.07) is 12.2. The number of nitrogens with zero attached hydrogens (tertiary/aromatic N) is 1. The molecule has 3 rings (SSSR count). The maximum absolute atomic E-state index is 10.3. The molecule has 1 aromatic carbocycles. The van der Waals surface area contributed by atoms with Gasteiger partial charge in [-0.15, -0.1) is 22.7 Å². The summed E-state index contributed by atoms with van der Waals surface area (Å²) in [4.78, 5) is 5.67. The molecule has 0 bridgehead atoms. The summed E-state index contributed by atoms with van der Waals surface area (Å²) in [5, 5.41) is 15.3. The molecule has 102 valence electrons. The second-order valence-corrected chi connectivity index (χ2v) is 6.57. The number of hydrogen-bond donors (Lipinski definition) is 1. The zero-order valence-electron chi connectivity index (χ0n) is 11.1. The summed E-state index contributed by atoms with van der Waals surface area (Å²) in [5.74, 6) is 0. The van der Waals surface area contributed by atoms with Gasteiger partial charge in [-0.3, -0.25) is 0 Å². The number of hydrogen-bond acceptors (Lipinski definition) is 4. The number of thiazole rings is 1. The van der Waals surface area contributed by atoms with Crippen LogP contribution >= 0.6 is 22.7 Å². The summed E-state index contributed by atoms with van der Waals surface area (Å²) < 4.78 is 0. The van der Waals surface area contributed by atoms with E-state index in [4.69, 9.17) is 0 Å². The fourth-order valence-electron chi connectivity index (χ4n) is 2.13. The normalized spacial score (nSPS) is 12.5. The Morgan fingerprint density at radius 2 is 1.95 bits per heavy atom. The quantitative estimate of drug-likeness (QED) is 0.772. The van der Waals surface area contributed by atoms with Gasteiger partial charge < -0.3 is 5.11 Å². The molecular formula is C16H15NOS2. The topological polar surface area (TPSA) is 33.1 Å². The highest BCUT2D eigenvalue weighted by Gasteiger charge is 2.15. The maximum atomic E-state index is 10.3. The fourth-order valence-corrected chi connectivity index (χ4v) is 3.88. The minimum absolute atomic E-state index is 0.454. The van der Waals surface area contributed by atoms with Gasteiger partial charge in [0.25, 0.3) is 0 Å². The summed E-state index contributed by atoms with van der Waals surface area (Å²) in [6.45, 7) is 2.03. The highest BCUT2D eigenvalue weighted by Crippen LogP contribution is 2.29. The van der Waals surface area contributed by atoms with Crippen molar-refractivity contribution in [3.05, 3.63) is 62.6 Å². The van der Waals surface area contributed by atoms with Crippen LogP contribution in [0.3, 0.4) is 0 Å². The van der Waals surface area contributed by atoms with E-state index in [2.05, 4.69) is 22.5 Å². The third-order valence-electron chi connectivity index (χ3n) is 3.19. The van der Waals surface area contributed by atoms with Crippen LogP contribution in [0, 0.1) is 6.92 Å². The first-order chi connectivity index (χ1) is 9.74. The lowest BCUT2D eigenvalue weighted by Crippen LogP contribution is -2.00. The van der Waals surface area contributed by atoms with E-state index < -0.39 is 6.10 Å². The number of aliphatic hydroxyl groups excluding tert-OH is 1. The lowest BCUT2D eigenvalue weighted by atomic mass is 10.1. The number of aromatic nitrogens is 1. The predicted octanol–water partition coefficient (Wildman–Crippen LogP) is 4.46. The first-order valence-corrected chi connectivity index (χ1v) is 8.22. The highest BCUT2D eigenvalue weighted by molar-refractivity contribution is 7.10. The third kappa shape index (κ3) is 2.82. The largest absolute Gasteiger partial charge is 0.387 e. The Balaban J connectivity index is 1.76. The average Bonchev–Trinajstić information content (AvgIpc) is 3.09. The standard InChI is InChI=1S/C16H15NOS2/c1-11-7-8-19-16(11)14(18)9-15-17-13(10-20-15)12-5-3-2-4-6-12/h2-8,10,14,18H,9H2,1H3. The molecule has 0 aliphatic heterocycles. The zero-order chi connectivity index (χ0) is 13.9. The van der Waals surface area contributed by atoms with E-state index in [1.165, 1.54) is 0 Å². The molecule has 0 aliphatic rings. The maximum Gasteiger partial charge on any atom is 0.0962 e. The Labute approximate surface area is 126 Å². The minimum atomic E-state index is -0.454. The molecule has 0 saturated heterocycles. The molecule has 0 radical (unpaired) electrons. The molecule has 4 heteroatoms. The summed E-state index contributed by atoms with van der Waals surface area (Å²) in [7, 11) is 0. The van der Waals surface area contributed by atoms with Crippen LogP contribution in [0.5, 0.6) is 0 Å². The van der Waals surface area contributed by atoms with Crippen LogP contribution in [0.1, 0.15) is 21.6 Å². The van der Waals surface area contributed by atoms with Gasteiger partial charge in [0.05, 0.1) is 16.8 Å². The predicted molar refractivity (Wildman–Crippen MR) is 85.3 cm³/mol. The molecule has 1 N–H and O–H groups in total. The van der Waals surface area contributed by atoms with Crippen molar-refractivity contribution in [3.63, 3.8) is 0 Å². The number of rotatable bonds is 4. The van der Waals surface area contributed by atoms with E-state index in [0.29, 0.717) is 6.42 Å². The van der Waals surface area contributed by atoms with E-state index in [0.717, 1.165) is 26.7 Å². The molecule has 0 fully saturated rings. The first kappa shape index (κ1) is 13.5. The van der Waals surface area contributed by atoms with Gasteiger partial charge in [0.1, 0.15) is 0 Å². The van der Waals surface area contributed by atoms with Gasteiger partial charge in [0, 0.05) is 22.2 Å². The highest BCUT2D eigenvalue weighted by atomic mass is 32.1. The fraction of sp³-hybridized carbons (Fsp3) is 0.188. The second kappa shape index (κ2) is 5.87. The van der Waals surface area contributed by atoms with E-state index in [9.17, 15) is 5.11 Å². The van der Waals surface area contributed by atoms with Crippen LogP contribution in [0.15, 0.2) is 47.2 Å². The van der Waals surface area contributed by atoms with Crippen molar-refractivity contribution in [2.75, 3.05) is 0 Å². The summed E-state index contributed by atoms with van der Waals surface area (Å²) >= 11 is 3.22. The van der Waals surface area contributed by atoms with Crippen LogP contribution in [-0.2, 0) is 6.42 Å². The van der Waals surface area contributed by atoms with Gasteiger partial charge in [-0.05, 0) is 23.9 Å². The van der Waals surface area contributed by atoms with Crippen molar-refractivity contribution in [3.8, 4) is 11.3 Å². The van der Waals surface area contributed by atoms with Crippen LogP contribution in [-0.4, -0.2) is 10.1 Å². The minimum Gasteiger partial charge on any atom is -0.387 e. The smallest absolute Gasteiger partial charge is 0.0962 e. The molecule has 1 atom stereocenters. The van der Waals surface area contributed by atoms with Gasteiger partial charge >= 0.3 is 0 Å². The first-order valence-electron chi connectivity index (χ1n) is 6.46. The molecule has 2 nitrogen and oxygen atoms in total. The zero-order valence-corrected chi connectivity index (χ0v) is 12.7. The Hall–Kier alpha value is -1.49. The molecule has 0 amide bonds. The summed E-state index contributed by atoms with van der Waals surface area (Å²) in [6.07, 6.45) is 0.128. The molecule has 3 aromatic rings. The Morgan fingerprint density at radius 1 is 1.15 bits per heavy atom. The Morgan fingerprint density at radius 3 is 2.65 bits per heavy atom. The average molecular weight is 301 g/mol. The van der Waals surface area contributed by atoms with Crippen molar-refractivity contribution in [1.82, 2.24) is 4.98 Å². The lowest BCUT2D eigenvalue weighted by Gasteiger charge is -2.07. The Bertz CT molecular complexity index is 687. The number of aliphatic hydroxyl groups is 1. The van der Waals surface area contributed by atoms with Gasteiger partial charge in [-0.2, -0.15) is 0 Å². The molecule has 1 unspecified atom stereocenters. The van der Waals surface area contributed by atoms with Crippen molar-refractivity contribution < 1.29 is 5.11 Å². The third-order valence-corrected chi connectivity index (χ3v) is 5.18. The second-order valence-electron chi connectivity index (χ2n) is 4.68. The molecule has 0 aliphatic carbocycles. The summed E-state index contributed by atoms with van der Waals surface area (Å²) in [5.41, 5.74) is 3.26. The van der Waals surface area contributed by atoms with Gasteiger partial charge in [-0.25, -0.2) is 4.98 Å². The van der Waals surface area contributed by atoms with E-state index in [-0.39, 0.29) is 0 Å². The van der Waals surface area contributed by atoms with Gasteiger partial charge in [-0.1, -0.05) is 30.3 Å². The van der Waals surface area contributed by atoms with Crippen LogP contribution in [0.2, 0.25) is 0 Å². The van der Waals surface area contributed by atoms with E-state index >= 15 is 0 Å². The van der Waals surface area contributed by atoms with Crippen molar-refractivity contribution >= 4 is 22.7 Å². The number of thiophene rings is 1. The molecule has 0 spiro atoms. The van der Waals surface area contributed by atoms with Crippen LogP contribution < -0.4 is 0 Å². The number of benzene rings is 1. The lowest BCUT2D eigenvalue weighted by molar-refractivity contribution is 0.181. The van der Waals surface area contributed by atoms with E-state index in [1.807, 2.05) is 36.6 Å². The SMILES string of the molecule is Cc1ccsc1C(O)Cc1nc(-c2ccccc2)cs1. The Kier molecular flexibility index (Phi) is 3.96. The molecule has 2 aromatic heterocycles. The molecule has 20 heavy (non-hydrogen) atoms. The molecule has 0 saturated carbocycles. The monoisotopic (exact) mass is 301 g/mol. The van der Waals surface area contributed by atoms with E-state index in [1.54, 1.807) is 22.7 Å². The van der Waals surface area contributed by atoms with Gasteiger partial charge in [0.15, 0.2) is 0 Å². The van der Waals surface area contributed by atoms with Crippen LogP contribution in [0.4, 0.5) is 0 Å². The molecule has 2 heterocycles. The van der Waals surface area contributed by atoms with Crippen molar-refractivity contribution in [2.24, 2.45) is 0 Å². The number of aryl methyl sites for hydroxylation is 1.